The van der Waals surface area contributed by atoms with Crippen LogP contribution in [-0.2, 0) is 13.6 Å². The molecule has 0 amide bonds. The SMILES string of the molecule is Cn1c(=O)[nH]c2c(NCc3ccc(Cl)cc3)ncnc21. The van der Waals surface area contributed by atoms with Crippen molar-refractivity contribution in [1.29, 1.82) is 0 Å². The van der Waals surface area contributed by atoms with Crippen molar-refractivity contribution >= 4 is 28.6 Å². The molecular formula is C13H12ClN5O. The lowest BCUT2D eigenvalue weighted by atomic mass is 10.2. The first-order valence-electron chi connectivity index (χ1n) is 6.03. The zero-order chi connectivity index (χ0) is 14.1. The van der Waals surface area contributed by atoms with Crippen LogP contribution in [0.3, 0.4) is 0 Å². The Morgan fingerprint density at radius 1 is 1.30 bits per heavy atom. The number of nitrogens with zero attached hydrogens (tertiary/aromatic N) is 3. The number of nitrogens with one attached hydrogen (secondary N) is 2. The van der Waals surface area contributed by atoms with Gasteiger partial charge < -0.3 is 10.3 Å². The van der Waals surface area contributed by atoms with E-state index in [9.17, 15) is 4.79 Å². The number of aryl methyl sites for hydroxylation is 1. The summed E-state index contributed by atoms with van der Waals surface area (Å²) in [6.07, 6.45) is 1.43. The Labute approximate surface area is 119 Å². The van der Waals surface area contributed by atoms with Gasteiger partial charge in [-0.2, -0.15) is 0 Å². The van der Waals surface area contributed by atoms with Gasteiger partial charge in [-0.25, -0.2) is 14.8 Å². The summed E-state index contributed by atoms with van der Waals surface area (Å²) in [5.41, 5.74) is 2.03. The summed E-state index contributed by atoms with van der Waals surface area (Å²) in [6.45, 7) is 0.584. The van der Waals surface area contributed by atoms with Crippen molar-refractivity contribution in [3.8, 4) is 0 Å². The molecular weight excluding hydrogens is 278 g/mol. The Balaban J connectivity index is 1.89. The first kappa shape index (κ1) is 12.7. The van der Waals surface area contributed by atoms with E-state index in [0.717, 1.165) is 5.56 Å². The maximum absolute atomic E-state index is 11.6. The normalized spacial score (nSPS) is 10.9. The average molecular weight is 290 g/mol. The molecule has 2 aromatic heterocycles. The molecule has 0 unspecified atom stereocenters. The third kappa shape index (κ3) is 2.25. The van der Waals surface area contributed by atoms with E-state index in [1.165, 1.54) is 10.9 Å². The summed E-state index contributed by atoms with van der Waals surface area (Å²) in [7, 11) is 1.66. The van der Waals surface area contributed by atoms with Gasteiger partial charge in [0.15, 0.2) is 11.5 Å². The Hall–Kier alpha value is -2.34. The predicted octanol–water partition coefficient (Wildman–Crippen LogP) is 1.92. The zero-order valence-electron chi connectivity index (χ0n) is 10.7. The van der Waals surface area contributed by atoms with Gasteiger partial charge in [0.25, 0.3) is 0 Å². The van der Waals surface area contributed by atoms with Crippen LogP contribution in [0.15, 0.2) is 35.4 Å². The molecule has 2 heterocycles. The van der Waals surface area contributed by atoms with E-state index >= 15 is 0 Å². The standard InChI is InChI=1S/C13H12ClN5O/c1-19-12-10(18-13(19)20)11(16-7-17-12)15-6-8-2-4-9(14)5-3-8/h2-5,7H,6H2,1H3,(H,18,20)(H,15,16,17). The van der Waals surface area contributed by atoms with Crippen LogP contribution < -0.4 is 11.0 Å². The van der Waals surface area contributed by atoms with Crippen LogP contribution >= 0.6 is 11.6 Å². The molecule has 7 heteroatoms. The lowest BCUT2D eigenvalue weighted by Gasteiger charge is -2.06. The molecule has 0 saturated carbocycles. The van der Waals surface area contributed by atoms with Gasteiger partial charge in [-0.1, -0.05) is 23.7 Å². The minimum absolute atomic E-state index is 0.213. The summed E-state index contributed by atoms with van der Waals surface area (Å²) >= 11 is 5.84. The summed E-state index contributed by atoms with van der Waals surface area (Å²) in [4.78, 5) is 22.6. The molecule has 0 radical (unpaired) electrons. The number of hydrogen-bond donors (Lipinski definition) is 2. The number of benzene rings is 1. The van der Waals surface area contributed by atoms with Crippen molar-refractivity contribution in [1.82, 2.24) is 19.5 Å². The van der Waals surface area contributed by atoms with E-state index in [2.05, 4.69) is 20.3 Å². The first-order valence-corrected chi connectivity index (χ1v) is 6.41. The summed E-state index contributed by atoms with van der Waals surface area (Å²) in [5, 5.41) is 3.89. The molecule has 0 aliphatic heterocycles. The van der Waals surface area contributed by atoms with Crippen LogP contribution in [0.5, 0.6) is 0 Å². The third-order valence-electron chi connectivity index (χ3n) is 3.05. The van der Waals surface area contributed by atoms with Crippen LogP contribution in [0.1, 0.15) is 5.56 Å². The maximum atomic E-state index is 11.6. The van der Waals surface area contributed by atoms with Crippen LogP contribution in [0.4, 0.5) is 5.82 Å². The number of H-pyrrole nitrogens is 1. The van der Waals surface area contributed by atoms with Gasteiger partial charge in [0, 0.05) is 18.6 Å². The van der Waals surface area contributed by atoms with E-state index in [1.54, 1.807) is 7.05 Å². The fourth-order valence-corrected chi connectivity index (χ4v) is 2.08. The summed E-state index contributed by atoms with van der Waals surface area (Å²) in [5.74, 6) is 0.600. The molecule has 1 aromatic carbocycles. The van der Waals surface area contributed by atoms with Gasteiger partial charge in [-0.05, 0) is 17.7 Å². The minimum atomic E-state index is -0.213. The average Bonchev–Trinajstić information content (AvgIpc) is 2.75. The van der Waals surface area contributed by atoms with Gasteiger partial charge >= 0.3 is 5.69 Å². The largest absolute Gasteiger partial charge is 0.364 e. The molecule has 20 heavy (non-hydrogen) atoms. The number of halogens is 1. The number of anilines is 1. The molecule has 0 bridgehead atoms. The number of aromatic amines is 1. The van der Waals surface area contributed by atoms with E-state index in [4.69, 9.17) is 11.6 Å². The lowest BCUT2D eigenvalue weighted by molar-refractivity contribution is 0.877. The molecule has 102 valence electrons. The topological polar surface area (TPSA) is 75.6 Å². The summed E-state index contributed by atoms with van der Waals surface area (Å²) in [6, 6.07) is 7.53. The fraction of sp³-hybridized carbons (Fsp3) is 0.154. The molecule has 2 N–H and O–H groups in total. The highest BCUT2D eigenvalue weighted by molar-refractivity contribution is 6.30. The fourth-order valence-electron chi connectivity index (χ4n) is 1.95. The predicted molar refractivity (Wildman–Crippen MR) is 77.9 cm³/mol. The van der Waals surface area contributed by atoms with Gasteiger partial charge in [-0.15, -0.1) is 0 Å². The van der Waals surface area contributed by atoms with Crippen molar-refractivity contribution in [2.45, 2.75) is 6.54 Å². The van der Waals surface area contributed by atoms with Gasteiger partial charge in [0.1, 0.15) is 11.8 Å². The Bertz CT molecular complexity index is 806. The van der Waals surface area contributed by atoms with Crippen LogP contribution in [-0.4, -0.2) is 19.5 Å². The monoisotopic (exact) mass is 289 g/mol. The molecule has 0 atom stereocenters. The Morgan fingerprint density at radius 2 is 2.05 bits per heavy atom. The van der Waals surface area contributed by atoms with Gasteiger partial charge in [0.05, 0.1) is 0 Å². The molecule has 0 aliphatic carbocycles. The van der Waals surface area contributed by atoms with Crippen LogP contribution in [0, 0.1) is 0 Å². The highest BCUT2D eigenvalue weighted by Gasteiger charge is 2.09. The molecule has 3 rings (SSSR count). The van der Waals surface area contributed by atoms with Crippen molar-refractivity contribution in [2.75, 3.05) is 5.32 Å². The number of hydrogen-bond acceptors (Lipinski definition) is 4. The number of aromatic nitrogens is 4. The van der Waals surface area contributed by atoms with Crippen molar-refractivity contribution in [2.24, 2.45) is 7.05 Å². The quantitative estimate of drug-likeness (QED) is 0.772. The molecule has 6 nitrogen and oxygen atoms in total. The minimum Gasteiger partial charge on any atom is -0.364 e. The summed E-state index contributed by atoms with van der Waals surface area (Å²) < 4.78 is 1.45. The molecule has 0 aliphatic rings. The molecule has 0 fully saturated rings. The molecule has 0 spiro atoms. The van der Waals surface area contributed by atoms with E-state index in [0.29, 0.717) is 28.5 Å². The second-order valence-electron chi connectivity index (χ2n) is 4.39. The Morgan fingerprint density at radius 3 is 2.80 bits per heavy atom. The van der Waals surface area contributed by atoms with Crippen LogP contribution in [0.25, 0.3) is 11.2 Å². The second kappa shape index (κ2) is 4.97. The second-order valence-corrected chi connectivity index (χ2v) is 4.83. The van der Waals surface area contributed by atoms with Crippen molar-refractivity contribution < 1.29 is 0 Å². The lowest BCUT2D eigenvalue weighted by Crippen LogP contribution is -2.12. The number of fused-ring (bicyclic) bond motifs is 1. The van der Waals surface area contributed by atoms with Gasteiger partial charge in [0.2, 0.25) is 0 Å². The van der Waals surface area contributed by atoms with E-state index < -0.39 is 0 Å². The molecule has 0 saturated heterocycles. The van der Waals surface area contributed by atoms with E-state index in [-0.39, 0.29) is 5.69 Å². The molecule has 3 aromatic rings. The highest BCUT2D eigenvalue weighted by atomic mass is 35.5. The van der Waals surface area contributed by atoms with Crippen molar-refractivity contribution in [3.63, 3.8) is 0 Å². The highest BCUT2D eigenvalue weighted by Crippen LogP contribution is 2.16. The van der Waals surface area contributed by atoms with Crippen LogP contribution in [0.2, 0.25) is 5.02 Å². The zero-order valence-corrected chi connectivity index (χ0v) is 11.5. The number of imidazole rings is 1. The van der Waals surface area contributed by atoms with E-state index in [1.807, 2.05) is 24.3 Å². The van der Waals surface area contributed by atoms with Gasteiger partial charge in [-0.3, -0.25) is 4.57 Å². The van der Waals surface area contributed by atoms with Crippen molar-refractivity contribution in [3.05, 3.63) is 51.7 Å². The third-order valence-corrected chi connectivity index (χ3v) is 3.31. The first-order chi connectivity index (χ1) is 9.65. The number of rotatable bonds is 3. The maximum Gasteiger partial charge on any atom is 0.327 e. The Kier molecular flexibility index (Phi) is 3.15. The smallest absolute Gasteiger partial charge is 0.327 e.